The molecule has 6 heterocycles. The molecule has 0 aromatic carbocycles. The number of piperidine rings is 1. The summed E-state index contributed by atoms with van der Waals surface area (Å²) in [4.78, 5) is 25.6. The van der Waals surface area contributed by atoms with Gasteiger partial charge in [-0.3, -0.25) is 4.90 Å². The first kappa shape index (κ1) is 20.5. The van der Waals surface area contributed by atoms with E-state index >= 15 is 0 Å². The van der Waals surface area contributed by atoms with E-state index in [0.29, 0.717) is 29.9 Å². The van der Waals surface area contributed by atoms with Gasteiger partial charge in [-0.25, -0.2) is 19.3 Å². The molecule has 2 bridgehead atoms. The van der Waals surface area contributed by atoms with E-state index in [4.69, 9.17) is 16.3 Å². The summed E-state index contributed by atoms with van der Waals surface area (Å²) < 4.78 is 7.10. The lowest BCUT2D eigenvalue weighted by atomic mass is 9.88. The number of aromatic nitrogens is 4. The lowest BCUT2D eigenvalue weighted by Gasteiger charge is -2.56. The summed E-state index contributed by atoms with van der Waals surface area (Å²) in [5.41, 5.74) is 1.82. The summed E-state index contributed by atoms with van der Waals surface area (Å²) in [6, 6.07) is 6.25. The van der Waals surface area contributed by atoms with E-state index in [2.05, 4.69) is 26.0 Å². The zero-order valence-corrected chi connectivity index (χ0v) is 18.7. The maximum atomic E-state index is 12.5. The zero-order chi connectivity index (χ0) is 22.6. The maximum absolute atomic E-state index is 12.5. The molecular weight excluding hydrogens is 430 g/mol. The zero-order valence-electron chi connectivity index (χ0n) is 18.0. The van der Waals surface area contributed by atoms with E-state index in [0.717, 1.165) is 17.8 Å². The van der Waals surface area contributed by atoms with Gasteiger partial charge in [-0.05, 0) is 39.3 Å². The summed E-state index contributed by atoms with van der Waals surface area (Å²) in [5, 5.41) is 13.9. The third-order valence-corrected chi connectivity index (χ3v) is 5.91. The molecule has 6 rings (SSSR count). The Morgan fingerprint density at radius 2 is 2.00 bits per heavy atom. The molecule has 0 radical (unpaired) electrons. The first-order valence-corrected chi connectivity index (χ1v) is 10.8. The van der Waals surface area contributed by atoms with Crippen LogP contribution in [-0.2, 0) is 4.74 Å². The molecule has 32 heavy (non-hydrogen) atoms. The van der Waals surface area contributed by atoms with Crippen molar-refractivity contribution in [3.8, 4) is 17.3 Å². The normalized spacial score (nSPS) is 20.1. The van der Waals surface area contributed by atoms with Crippen LogP contribution in [0, 0.1) is 11.3 Å². The van der Waals surface area contributed by atoms with Gasteiger partial charge in [0.05, 0.1) is 24.5 Å². The largest absolute Gasteiger partial charge is 0.444 e. The average molecular weight is 452 g/mol. The van der Waals surface area contributed by atoms with Crippen LogP contribution in [0.25, 0.3) is 16.8 Å². The monoisotopic (exact) mass is 451 g/mol. The Morgan fingerprint density at radius 1 is 1.25 bits per heavy atom. The van der Waals surface area contributed by atoms with Crippen molar-refractivity contribution in [2.24, 2.45) is 0 Å². The number of amides is 1. The van der Waals surface area contributed by atoms with E-state index < -0.39 is 5.60 Å². The Labute approximate surface area is 190 Å². The number of anilines is 1. The minimum Gasteiger partial charge on any atom is -0.444 e. The number of piperazine rings is 1. The van der Waals surface area contributed by atoms with Crippen LogP contribution in [0.3, 0.4) is 0 Å². The summed E-state index contributed by atoms with van der Waals surface area (Å²) in [5.74, 6) is 0.833. The first-order chi connectivity index (χ1) is 15.2. The summed E-state index contributed by atoms with van der Waals surface area (Å²) in [6.07, 6.45) is 5.53. The number of carbonyl (C=O) groups excluding carboxylic acids is 1. The third kappa shape index (κ3) is 3.50. The van der Waals surface area contributed by atoms with Crippen molar-refractivity contribution >= 4 is 29.0 Å². The van der Waals surface area contributed by atoms with Gasteiger partial charge in [0.1, 0.15) is 39.4 Å². The fourth-order valence-corrected chi connectivity index (χ4v) is 4.57. The third-order valence-electron chi connectivity index (χ3n) is 5.73. The van der Waals surface area contributed by atoms with Crippen molar-refractivity contribution in [1.82, 2.24) is 24.5 Å². The summed E-state index contributed by atoms with van der Waals surface area (Å²) in [7, 11) is 0. The quantitative estimate of drug-likeness (QED) is 0.587. The number of ether oxygens (including phenoxy) is 1. The van der Waals surface area contributed by atoms with Crippen molar-refractivity contribution in [2.45, 2.75) is 44.9 Å². The molecule has 2 unspecified atom stereocenters. The van der Waals surface area contributed by atoms with Crippen molar-refractivity contribution in [1.29, 1.82) is 5.26 Å². The van der Waals surface area contributed by atoms with Crippen LogP contribution in [0.1, 0.15) is 32.8 Å². The second-order valence-corrected chi connectivity index (χ2v) is 9.50. The highest BCUT2D eigenvalue weighted by atomic mass is 35.5. The fraction of sp³-hybridized carbons (Fsp3) is 0.409. The van der Waals surface area contributed by atoms with Crippen molar-refractivity contribution in [3.63, 3.8) is 0 Å². The van der Waals surface area contributed by atoms with Crippen LogP contribution in [0.5, 0.6) is 0 Å². The Balaban J connectivity index is 1.35. The summed E-state index contributed by atoms with van der Waals surface area (Å²) in [6.45, 7) is 7.06. The molecule has 2 atom stereocenters. The highest BCUT2D eigenvalue weighted by Crippen LogP contribution is 2.36. The fourth-order valence-electron chi connectivity index (χ4n) is 4.39. The van der Waals surface area contributed by atoms with Crippen molar-refractivity contribution < 1.29 is 9.53 Å². The summed E-state index contributed by atoms with van der Waals surface area (Å²) >= 11 is 6.15. The van der Waals surface area contributed by atoms with Gasteiger partial charge in [0, 0.05) is 24.8 Å². The predicted molar refractivity (Wildman–Crippen MR) is 118 cm³/mol. The SMILES string of the molecule is CC(C)(C)OC(=O)N1C2CC1CN(c1ccc(-c3nc(Cl)cn4ncc(C#N)c34)cn1)C2. The molecule has 0 spiro atoms. The lowest BCUT2D eigenvalue weighted by molar-refractivity contribution is -0.0380. The van der Waals surface area contributed by atoms with Gasteiger partial charge < -0.3 is 9.64 Å². The molecule has 3 fully saturated rings. The topological polar surface area (TPSA) is 99.6 Å². The number of nitrogens with zero attached hydrogens (tertiary/aromatic N) is 7. The van der Waals surface area contributed by atoms with Gasteiger partial charge in [-0.1, -0.05) is 11.6 Å². The number of rotatable bonds is 2. The average Bonchev–Trinajstić information content (AvgIpc) is 3.14. The van der Waals surface area contributed by atoms with Crippen molar-refractivity contribution in [3.05, 3.63) is 41.4 Å². The maximum Gasteiger partial charge on any atom is 0.410 e. The molecule has 10 heteroatoms. The molecule has 9 nitrogen and oxygen atoms in total. The molecule has 3 aromatic rings. The highest BCUT2D eigenvalue weighted by molar-refractivity contribution is 6.29. The Kier molecular flexibility index (Phi) is 4.71. The number of hydrogen-bond donors (Lipinski definition) is 0. The van der Waals surface area contributed by atoms with Gasteiger partial charge in [-0.15, -0.1) is 0 Å². The lowest BCUT2D eigenvalue weighted by Crippen LogP contribution is -2.70. The van der Waals surface area contributed by atoms with Gasteiger partial charge in [0.2, 0.25) is 0 Å². The number of hydrogen-bond acceptors (Lipinski definition) is 7. The van der Waals surface area contributed by atoms with Crippen LogP contribution >= 0.6 is 11.6 Å². The number of pyridine rings is 1. The standard InChI is InChI=1S/C22H22ClN7O2/c1-22(2,3)32-21(31)30-15-6-16(30)11-28(10-15)18-5-4-13(8-25-18)19-20-14(7-24)9-26-29(20)12-17(23)27-19/h4-5,8-9,12,15-16H,6,10-11H2,1-3H3. The first-order valence-electron chi connectivity index (χ1n) is 10.4. The Morgan fingerprint density at radius 3 is 2.62 bits per heavy atom. The van der Waals surface area contributed by atoms with Gasteiger partial charge in [0.15, 0.2) is 0 Å². The van der Waals surface area contributed by atoms with Gasteiger partial charge >= 0.3 is 6.09 Å². The Hall–Kier alpha value is -3.38. The van der Waals surface area contributed by atoms with Crippen molar-refractivity contribution in [2.75, 3.05) is 18.0 Å². The molecule has 164 valence electrons. The molecule has 0 aliphatic carbocycles. The van der Waals surface area contributed by atoms with Gasteiger partial charge in [0.25, 0.3) is 0 Å². The number of fused-ring (bicyclic) bond motifs is 3. The molecule has 1 amide bonds. The van der Waals surface area contributed by atoms with Crippen LogP contribution in [0.2, 0.25) is 5.15 Å². The molecule has 3 aromatic heterocycles. The molecule has 3 aliphatic rings. The molecule has 3 aliphatic heterocycles. The second-order valence-electron chi connectivity index (χ2n) is 9.12. The highest BCUT2D eigenvalue weighted by Gasteiger charge is 2.49. The number of halogens is 1. The predicted octanol–water partition coefficient (Wildman–Crippen LogP) is 3.51. The van der Waals surface area contributed by atoms with Crippen LogP contribution in [0.15, 0.2) is 30.7 Å². The van der Waals surface area contributed by atoms with E-state index in [-0.39, 0.29) is 23.3 Å². The smallest absolute Gasteiger partial charge is 0.410 e. The number of nitriles is 1. The molecule has 3 saturated heterocycles. The minimum absolute atomic E-state index is 0.129. The van der Waals surface area contributed by atoms with Gasteiger partial charge in [-0.2, -0.15) is 10.4 Å². The van der Waals surface area contributed by atoms with E-state index in [1.807, 2.05) is 37.8 Å². The minimum atomic E-state index is -0.501. The van der Waals surface area contributed by atoms with Crippen LogP contribution < -0.4 is 4.90 Å². The van der Waals surface area contributed by atoms with E-state index in [1.165, 1.54) is 6.20 Å². The molecule has 0 N–H and O–H groups in total. The molecule has 0 saturated carbocycles. The second kappa shape index (κ2) is 7.35. The Bertz CT molecular complexity index is 1230. The van der Waals surface area contributed by atoms with Crippen LogP contribution in [0.4, 0.5) is 10.6 Å². The number of carbonyl (C=O) groups is 1. The van der Waals surface area contributed by atoms with Crippen LogP contribution in [-0.4, -0.2) is 61.3 Å². The molecular formula is C22H22ClN7O2. The van der Waals surface area contributed by atoms with E-state index in [9.17, 15) is 10.1 Å². The van der Waals surface area contributed by atoms with E-state index in [1.54, 1.807) is 16.9 Å².